The molecule has 0 aromatic carbocycles. The van der Waals surface area contributed by atoms with Crippen molar-refractivity contribution in [3.63, 3.8) is 0 Å². The number of rotatable bonds is 5. The van der Waals surface area contributed by atoms with E-state index >= 15 is 0 Å². The number of amides is 1. The molecule has 0 fully saturated rings. The number of aromatic nitrogens is 1. The van der Waals surface area contributed by atoms with Gasteiger partial charge in [-0.1, -0.05) is 13.3 Å². The van der Waals surface area contributed by atoms with E-state index in [4.69, 9.17) is 5.11 Å². The summed E-state index contributed by atoms with van der Waals surface area (Å²) in [6.45, 7) is 1.87. The maximum absolute atomic E-state index is 11.6. The molecule has 1 amide bonds. The van der Waals surface area contributed by atoms with Gasteiger partial charge in [-0.05, 0) is 28.4 Å². The Balaban J connectivity index is 2.65. The molecule has 1 rings (SSSR count). The van der Waals surface area contributed by atoms with Crippen LogP contribution in [0.5, 0.6) is 0 Å². The van der Waals surface area contributed by atoms with Crippen LogP contribution in [-0.4, -0.2) is 28.0 Å². The van der Waals surface area contributed by atoms with Gasteiger partial charge in [-0.2, -0.15) is 0 Å². The molecule has 0 saturated carbocycles. The molecule has 6 heteroatoms. The molecule has 3 N–H and O–H groups in total. The lowest BCUT2D eigenvalue weighted by Gasteiger charge is -2.12. The second-order valence-corrected chi connectivity index (χ2v) is 4.30. The Kier molecular flexibility index (Phi) is 4.54. The van der Waals surface area contributed by atoms with Crippen molar-refractivity contribution in [1.82, 2.24) is 10.3 Å². The number of H-pyrrole nitrogens is 1. The minimum atomic E-state index is -1.01. The van der Waals surface area contributed by atoms with E-state index in [2.05, 4.69) is 26.2 Å². The summed E-state index contributed by atoms with van der Waals surface area (Å²) < 4.78 is 0.750. The normalized spacial score (nSPS) is 12.1. The third kappa shape index (κ3) is 3.37. The van der Waals surface area contributed by atoms with Gasteiger partial charge < -0.3 is 15.4 Å². The van der Waals surface area contributed by atoms with Crippen LogP contribution in [0.1, 0.15) is 30.3 Å². The van der Waals surface area contributed by atoms with Crippen molar-refractivity contribution in [2.45, 2.75) is 25.8 Å². The lowest BCUT2D eigenvalue weighted by atomic mass is 10.1. The Morgan fingerprint density at radius 3 is 2.75 bits per heavy atom. The van der Waals surface area contributed by atoms with Gasteiger partial charge in [0, 0.05) is 10.7 Å². The van der Waals surface area contributed by atoms with Gasteiger partial charge in [0.15, 0.2) is 0 Å². The fourth-order valence-corrected chi connectivity index (χ4v) is 1.62. The van der Waals surface area contributed by atoms with Crippen molar-refractivity contribution in [3.05, 3.63) is 22.4 Å². The monoisotopic (exact) mass is 288 g/mol. The molecular formula is C10H13BrN2O3. The van der Waals surface area contributed by atoms with E-state index in [1.807, 2.05) is 6.92 Å². The van der Waals surface area contributed by atoms with Gasteiger partial charge in [0.25, 0.3) is 5.91 Å². The van der Waals surface area contributed by atoms with Crippen molar-refractivity contribution in [1.29, 1.82) is 0 Å². The first-order chi connectivity index (χ1) is 7.54. The topological polar surface area (TPSA) is 82.2 Å². The van der Waals surface area contributed by atoms with Crippen LogP contribution in [0.4, 0.5) is 0 Å². The Bertz CT molecular complexity index is 389. The summed E-state index contributed by atoms with van der Waals surface area (Å²) in [4.78, 5) is 25.2. The number of aliphatic carboxylic acids is 1. The van der Waals surface area contributed by atoms with Gasteiger partial charge in [0.1, 0.15) is 11.7 Å². The molecule has 1 aromatic rings. The Morgan fingerprint density at radius 2 is 2.31 bits per heavy atom. The van der Waals surface area contributed by atoms with Gasteiger partial charge in [0.2, 0.25) is 0 Å². The number of halogens is 1. The summed E-state index contributed by atoms with van der Waals surface area (Å²) in [7, 11) is 0. The van der Waals surface area contributed by atoms with Crippen molar-refractivity contribution in [2.75, 3.05) is 0 Å². The van der Waals surface area contributed by atoms with Crippen LogP contribution in [0.3, 0.4) is 0 Å². The number of aromatic amines is 1. The molecule has 0 aliphatic carbocycles. The van der Waals surface area contributed by atoms with E-state index in [9.17, 15) is 9.59 Å². The van der Waals surface area contributed by atoms with Gasteiger partial charge in [0.05, 0.1) is 0 Å². The van der Waals surface area contributed by atoms with E-state index in [0.717, 1.165) is 4.47 Å². The number of carboxylic acids is 1. The van der Waals surface area contributed by atoms with Gasteiger partial charge in [-0.3, -0.25) is 4.79 Å². The second-order valence-electron chi connectivity index (χ2n) is 3.38. The molecular weight excluding hydrogens is 276 g/mol. The van der Waals surface area contributed by atoms with Crippen LogP contribution < -0.4 is 5.32 Å². The minimum absolute atomic E-state index is 0.342. The third-order valence-corrected chi connectivity index (χ3v) is 2.53. The first kappa shape index (κ1) is 12.8. The summed E-state index contributed by atoms with van der Waals surface area (Å²) >= 11 is 3.20. The number of hydrogen-bond acceptors (Lipinski definition) is 2. The molecule has 0 spiro atoms. The standard InChI is InChI=1S/C10H13BrN2O3/c1-2-3-7(10(15)16)13-9(14)8-4-6(11)5-12-8/h4-5,7,12H,2-3H2,1H3,(H,13,14)(H,15,16). The Hall–Kier alpha value is -1.30. The zero-order valence-corrected chi connectivity index (χ0v) is 10.4. The molecule has 5 nitrogen and oxygen atoms in total. The summed E-state index contributed by atoms with van der Waals surface area (Å²) in [6.07, 6.45) is 2.74. The van der Waals surface area contributed by atoms with E-state index in [1.54, 1.807) is 12.3 Å². The van der Waals surface area contributed by atoms with Gasteiger partial charge in [-0.25, -0.2) is 4.79 Å². The molecule has 0 bridgehead atoms. The number of carbonyl (C=O) groups is 2. The number of nitrogens with one attached hydrogen (secondary N) is 2. The van der Waals surface area contributed by atoms with Crippen molar-refractivity contribution >= 4 is 27.8 Å². The lowest BCUT2D eigenvalue weighted by Crippen LogP contribution is -2.40. The minimum Gasteiger partial charge on any atom is -0.480 e. The molecule has 1 unspecified atom stereocenters. The highest BCUT2D eigenvalue weighted by atomic mass is 79.9. The molecule has 0 radical (unpaired) electrons. The highest BCUT2D eigenvalue weighted by Gasteiger charge is 2.20. The predicted octanol–water partition coefficient (Wildman–Crippen LogP) is 1.76. The first-order valence-corrected chi connectivity index (χ1v) is 5.71. The fraction of sp³-hybridized carbons (Fsp3) is 0.400. The second kappa shape index (κ2) is 5.69. The van der Waals surface area contributed by atoms with Crippen LogP contribution >= 0.6 is 15.9 Å². The zero-order chi connectivity index (χ0) is 12.1. The van der Waals surface area contributed by atoms with Crippen LogP contribution in [0.15, 0.2) is 16.7 Å². The quantitative estimate of drug-likeness (QED) is 0.772. The Morgan fingerprint density at radius 1 is 1.62 bits per heavy atom. The molecule has 1 heterocycles. The molecule has 0 aliphatic heterocycles. The van der Waals surface area contributed by atoms with Gasteiger partial charge >= 0.3 is 5.97 Å². The molecule has 0 aliphatic rings. The van der Waals surface area contributed by atoms with E-state index < -0.39 is 17.9 Å². The maximum Gasteiger partial charge on any atom is 0.326 e. The van der Waals surface area contributed by atoms with Crippen LogP contribution in [-0.2, 0) is 4.79 Å². The van der Waals surface area contributed by atoms with Crippen LogP contribution in [0.25, 0.3) is 0 Å². The predicted molar refractivity (Wildman–Crippen MR) is 62.3 cm³/mol. The highest BCUT2D eigenvalue weighted by molar-refractivity contribution is 9.10. The van der Waals surface area contributed by atoms with Gasteiger partial charge in [-0.15, -0.1) is 0 Å². The summed E-state index contributed by atoms with van der Waals surface area (Å²) in [5.74, 6) is -1.42. The molecule has 16 heavy (non-hydrogen) atoms. The average Bonchev–Trinajstić information content (AvgIpc) is 2.64. The third-order valence-electron chi connectivity index (χ3n) is 2.07. The smallest absolute Gasteiger partial charge is 0.326 e. The largest absolute Gasteiger partial charge is 0.480 e. The van der Waals surface area contributed by atoms with Crippen LogP contribution in [0, 0.1) is 0 Å². The maximum atomic E-state index is 11.6. The Labute approximate surface area is 101 Å². The van der Waals surface area contributed by atoms with E-state index in [0.29, 0.717) is 18.5 Å². The fourth-order valence-electron chi connectivity index (χ4n) is 1.28. The summed E-state index contributed by atoms with van der Waals surface area (Å²) in [6, 6.07) is 0.764. The van der Waals surface area contributed by atoms with E-state index in [-0.39, 0.29) is 0 Å². The number of hydrogen-bond donors (Lipinski definition) is 3. The zero-order valence-electron chi connectivity index (χ0n) is 8.79. The summed E-state index contributed by atoms with van der Waals surface area (Å²) in [5.41, 5.74) is 0.342. The van der Waals surface area contributed by atoms with Crippen molar-refractivity contribution in [2.24, 2.45) is 0 Å². The van der Waals surface area contributed by atoms with Crippen molar-refractivity contribution < 1.29 is 14.7 Å². The van der Waals surface area contributed by atoms with Crippen molar-refractivity contribution in [3.8, 4) is 0 Å². The van der Waals surface area contributed by atoms with E-state index in [1.165, 1.54) is 0 Å². The number of carboxylic acid groups (broad SMARTS) is 1. The molecule has 1 aromatic heterocycles. The molecule has 1 atom stereocenters. The van der Waals surface area contributed by atoms with Crippen LogP contribution in [0.2, 0.25) is 0 Å². The number of carbonyl (C=O) groups excluding carboxylic acids is 1. The summed E-state index contributed by atoms with van der Waals surface area (Å²) in [5, 5.41) is 11.3. The SMILES string of the molecule is CCCC(NC(=O)c1cc(Br)c[nH]1)C(=O)O. The average molecular weight is 289 g/mol. The first-order valence-electron chi connectivity index (χ1n) is 4.92. The molecule has 88 valence electrons. The highest BCUT2D eigenvalue weighted by Crippen LogP contribution is 2.10. The molecule has 0 saturated heterocycles. The lowest BCUT2D eigenvalue weighted by molar-refractivity contribution is -0.139.